The van der Waals surface area contributed by atoms with Crippen LogP contribution < -0.4 is 0 Å². The monoisotopic (exact) mass is 298 g/mol. The molecule has 0 saturated heterocycles. The molecule has 6 heteroatoms. The molecule has 3 rings (SSSR count). The zero-order valence-corrected chi connectivity index (χ0v) is 12.0. The van der Waals surface area contributed by atoms with Crippen molar-refractivity contribution in [3.05, 3.63) is 58.9 Å². The lowest BCUT2D eigenvalue weighted by molar-refractivity contribution is -0.0588. The van der Waals surface area contributed by atoms with Gasteiger partial charge in [0.1, 0.15) is 5.69 Å². The number of nitrogens with one attached hydrogen (secondary N) is 1. The van der Waals surface area contributed by atoms with Crippen LogP contribution in [-0.4, -0.2) is 27.8 Å². The number of imide groups is 1. The zero-order chi connectivity index (χ0) is 15.7. The first-order chi connectivity index (χ1) is 10.6. The Morgan fingerprint density at radius 2 is 1.73 bits per heavy atom. The second kappa shape index (κ2) is 5.48. The first-order valence-corrected chi connectivity index (χ1v) is 6.99. The number of hydroxylamine groups is 2. The maximum absolute atomic E-state index is 12.1. The molecule has 2 aromatic rings. The number of nitrogens with zero attached hydrogens (tertiary/aromatic N) is 1. The third-order valence-corrected chi connectivity index (χ3v) is 3.42. The molecule has 0 bridgehead atoms. The van der Waals surface area contributed by atoms with Crippen molar-refractivity contribution in [3.63, 3.8) is 0 Å². The van der Waals surface area contributed by atoms with Gasteiger partial charge in [0, 0.05) is 5.69 Å². The molecular formula is C16H14N2O4. The van der Waals surface area contributed by atoms with Gasteiger partial charge >= 0.3 is 5.97 Å². The van der Waals surface area contributed by atoms with Gasteiger partial charge in [-0.2, -0.15) is 0 Å². The minimum absolute atomic E-state index is 0.208. The molecule has 0 spiro atoms. The van der Waals surface area contributed by atoms with E-state index in [1.807, 2.05) is 6.92 Å². The molecule has 1 aromatic carbocycles. The average Bonchev–Trinajstić information content (AvgIpc) is 3.08. The number of carbonyl (C=O) groups excluding carboxylic acids is 3. The first-order valence-electron chi connectivity index (χ1n) is 6.99. The molecule has 0 unspecified atom stereocenters. The van der Waals surface area contributed by atoms with Crippen LogP contribution in [0.2, 0.25) is 0 Å². The molecule has 2 heterocycles. The molecule has 0 radical (unpaired) electrons. The van der Waals surface area contributed by atoms with Crippen molar-refractivity contribution in [3.8, 4) is 0 Å². The third-order valence-electron chi connectivity index (χ3n) is 3.42. The van der Waals surface area contributed by atoms with E-state index < -0.39 is 17.8 Å². The van der Waals surface area contributed by atoms with Crippen LogP contribution in [0.4, 0.5) is 0 Å². The summed E-state index contributed by atoms with van der Waals surface area (Å²) in [6.45, 7) is 2.03. The molecule has 1 aliphatic rings. The Kier molecular flexibility index (Phi) is 3.50. The molecule has 0 saturated carbocycles. The number of aromatic nitrogens is 1. The van der Waals surface area contributed by atoms with Gasteiger partial charge in [0.2, 0.25) is 0 Å². The SMILES string of the molecule is CCCc1ccc(C(=O)ON2C(=O)c3ccccc3C2=O)[nH]1. The number of aromatic amines is 1. The van der Waals surface area contributed by atoms with Gasteiger partial charge in [-0.3, -0.25) is 9.59 Å². The maximum Gasteiger partial charge on any atom is 0.379 e. The number of hydrogen-bond acceptors (Lipinski definition) is 4. The normalized spacial score (nSPS) is 13.4. The van der Waals surface area contributed by atoms with Crippen LogP contribution in [0, 0.1) is 0 Å². The van der Waals surface area contributed by atoms with E-state index in [4.69, 9.17) is 4.84 Å². The van der Waals surface area contributed by atoms with Crippen molar-refractivity contribution in [2.24, 2.45) is 0 Å². The molecular weight excluding hydrogens is 284 g/mol. The van der Waals surface area contributed by atoms with Gasteiger partial charge in [0.15, 0.2) is 0 Å². The predicted octanol–water partition coefficient (Wildman–Crippen LogP) is 2.34. The molecule has 1 aromatic heterocycles. The van der Waals surface area contributed by atoms with Crippen LogP contribution in [0.15, 0.2) is 36.4 Å². The van der Waals surface area contributed by atoms with Crippen LogP contribution in [0.25, 0.3) is 0 Å². The van der Waals surface area contributed by atoms with Crippen molar-refractivity contribution < 1.29 is 19.2 Å². The van der Waals surface area contributed by atoms with Crippen LogP contribution in [-0.2, 0) is 11.3 Å². The molecule has 0 fully saturated rings. The van der Waals surface area contributed by atoms with Gasteiger partial charge in [-0.05, 0) is 30.7 Å². The lowest BCUT2D eigenvalue weighted by Crippen LogP contribution is -2.32. The van der Waals surface area contributed by atoms with E-state index in [0.29, 0.717) is 5.06 Å². The second-order valence-corrected chi connectivity index (χ2v) is 4.98. The second-order valence-electron chi connectivity index (χ2n) is 4.98. The van der Waals surface area contributed by atoms with Crippen LogP contribution >= 0.6 is 0 Å². The van der Waals surface area contributed by atoms with E-state index in [9.17, 15) is 14.4 Å². The summed E-state index contributed by atoms with van der Waals surface area (Å²) in [6, 6.07) is 9.71. The number of rotatable bonds is 4. The number of hydrogen-bond donors (Lipinski definition) is 1. The van der Waals surface area contributed by atoms with E-state index >= 15 is 0 Å². The van der Waals surface area contributed by atoms with Crippen LogP contribution in [0.3, 0.4) is 0 Å². The number of carbonyl (C=O) groups is 3. The number of amides is 2. The molecule has 112 valence electrons. The Balaban J connectivity index is 1.77. The lowest BCUT2D eigenvalue weighted by Gasteiger charge is -2.11. The summed E-state index contributed by atoms with van der Waals surface area (Å²) in [5.41, 5.74) is 1.58. The molecule has 0 atom stereocenters. The highest BCUT2D eigenvalue weighted by Gasteiger charge is 2.38. The highest BCUT2D eigenvalue weighted by Crippen LogP contribution is 2.23. The Labute approximate surface area is 126 Å². The van der Waals surface area contributed by atoms with Gasteiger partial charge in [-0.15, -0.1) is 0 Å². The molecule has 1 N–H and O–H groups in total. The van der Waals surface area contributed by atoms with Crippen molar-refractivity contribution in [1.82, 2.24) is 10.0 Å². The van der Waals surface area contributed by atoms with Gasteiger partial charge < -0.3 is 9.82 Å². The smallest absolute Gasteiger partial charge is 0.353 e. The number of benzene rings is 1. The van der Waals surface area contributed by atoms with E-state index in [0.717, 1.165) is 18.5 Å². The molecule has 6 nitrogen and oxygen atoms in total. The van der Waals surface area contributed by atoms with Gasteiger partial charge in [-0.1, -0.05) is 30.5 Å². The fourth-order valence-electron chi connectivity index (χ4n) is 2.36. The van der Waals surface area contributed by atoms with Crippen molar-refractivity contribution >= 4 is 17.8 Å². The number of H-pyrrole nitrogens is 1. The standard InChI is InChI=1S/C16H14N2O4/c1-2-5-10-8-9-13(17-10)16(21)22-18-14(19)11-6-3-4-7-12(11)15(18)20/h3-4,6-9,17H,2,5H2,1H3. The van der Waals surface area contributed by atoms with Gasteiger partial charge in [-0.25, -0.2) is 4.79 Å². The topological polar surface area (TPSA) is 79.5 Å². The van der Waals surface area contributed by atoms with Crippen LogP contribution in [0.5, 0.6) is 0 Å². The predicted molar refractivity (Wildman–Crippen MR) is 77.1 cm³/mol. The summed E-state index contributed by atoms with van der Waals surface area (Å²) in [7, 11) is 0. The molecule has 0 aliphatic carbocycles. The molecule has 1 aliphatic heterocycles. The summed E-state index contributed by atoms with van der Waals surface area (Å²) in [4.78, 5) is 44.1. The molecule has 22 heavy (non-hydrogen) atoms. The fourth-order valence-corrected chi connectivity index (χ4v) is 2.36. The van der Waals surface area contributed by atoms with Gasteiger partial charge in [0.25, 0.3) is 11.8 Å². The first kappa shape index (κ1) is 14.1. The summed E-state index contributed by atoms with van der Waals surface area (Å²) in [5, 5.41) is 0.507. The highest BCUT2D eigenvalue weighted by atomic mass is 16.7. The summed E-state index contributed by atoms with van der Waals surface area (Å²) in [5.74, 6) is -2.03. The zero-order valence-electron chi connectivity index (χ0n) is 12.0. The fraction of sp³-hybridized carbons (Fsp3) is 0.188. The average molecular weight is 298 g/mol. The largest absolute Gasteiger partial charge is 0.379 e. The summed E-state index contributed by atoms with van der Waals surface area (Å²) < 4.78 is 0. The van der Waals surface area contributed by atoms with E-state index in [1.165, 1.54) is 12.1 Å². The minimum Gasteiger partial charge on any atom is -0.353 e. The van der Waals surface area contributed by atoms with Gasteiger partial charge in [0.05, 0.1) is 11.1 Å². The quantitative estimate of drug-likeness (QED) is 0.879. The summed E-state index contributed by atoms with van der Waals surface area (Å²) in [6.07, 6.45) is 1.74. The Hall–Kier alpha value is -2.89. The van der Waals surface area contributed by atoms with E-state index in [2.05, 4.69) is 4.98 Å². The number of aryl methyl sites for hydroxylation is 1. The van der Waals surface area contributed by atoms with Crippen molar-refractivity contribution in [2.45, 2.75) is 19.8 Å². The van der Waals surface area contributed by atoms with E-state index in [1.54, 1.807) is 24.3 Å². The highest BCUT2D eigenvalue weighted by molar-refractivity contribution is 6.21. The Bertz CT molecular complexity index is 728. The summed E-state index contributed by atoms with van der Waals surface area (Å²) >= 11 is 0. The Morgan fingerprint density at radius 3 is 2.32 bits per heavy atom. The Morgan fingerprint density at radius 1 is 1.09 bits per heavy atom. The van der Waals surface area contributed by atoms with E-state index in [-0.39, 0.29) is 16.8 Å². The van der Waals surface area contributed by atoms with Crippen LogP contribution in [0.1, 0.15) is 50.2 Å². The van der Waals surface area contributed by atoms with Crippen molar-refractivity contribution in [2.75, 3.05) is 0 Å². The molecule has 2 amide bonds. The lowest BCUT2D eigenvalue weighted by atomic mass is 10.1. The van der Waals surface area contributed by atoms with Crippen molar-refractivity contribution in [1.29, 1.82) is 0 Å². The minimum atomic E-state index is -0.767. The third kappa shape index (κ3) is 2.28. The number of fused-ring (bicyclic) bond motifs is 1. The maximum atomic E-state index is 12.1.